The second kappa shape index (κ2) is 12.0. The normalized spacial score (nSPS) is 17.2. The lowest BCUT2D eigenvalue weighted by Crippen LogP contribution is -2.48. The van der Waals surface area contributed by atoms with Crippen LogP contribution in [0.3, 0.4) is 0 Å². The Bertz CT molecular complexity index is 1300. The monoisotopic (exact) mass is 540 g/mol. The number of amides is 2. The number of aryl methyl sites for hydroxylation is 1. The molecule has 1 fully saturated rings. The molecule has 10 heteroatoms. The van der Waals surface area contributed by atoms with Crippen LogP contribution >= 0.6 is 11.6 Å². The number of halogens is 1. The zero-order valence-electron chi connectivity index (χ0n) is 21.3. The van der Waals surface area contributed by atoms with Crippen LogP contribution in [0.15, 0.2) is 53.1 Å². The third kappa shape index (κ3) is 6.01. The Morgan fingerprint density at radius 3 is 2.76 bits per heavy atom. The number of hydrogen-bond acceptors (Lipinski definition) is 6. The van der Waals surface area contributed by atoms with Gasteiger partial charge in [0, 0.05) is 42.2 Å². The molecule has 2 aromatic carbocycles. The topological polar surface area (TPSA) is 142 Å². The number of nitrogens with one attached hydrogen (secondary N) is 1. The lowest BCUT2D eigenvalue weighted by atomic mass is 9.72. The van der Waals surface area contributed by atoms with Gasteiger partial charge in [0.05, 0.1) is 12.1 Å². The smallest absolute Gasteiger partial charge is 0.404 e. The van der Waals surface area contributed by atoms with Gasteiger partial charge in [-0.25, -0.2) is 4.79 Å². The molecule has 5 N–H and O–H groups in total. The van der Waals surface area contributed by atoms with E-state index in [0.717, 1.165) is 16.7 Å². The van der Waals surface area contributed by atoms with Crippen LogP contribution in [-0.4, -0.2) is 51.9 Å². The summed E-state index contributed by atoms with van der Waals surface area (Å²) in [6, 6.07) is 14.9. The molecule has 2 heterocycles. The number of hydrogen-bond donors (Lipinski definition) is 4. The van der Waals surface area contributed by atoms with Crippen molar-refractivity contribution in [3.8, 4) is 11.1 Å². The van der Waals surface area contributed by atoms with E-state index >= 15 is 0 Å². The van der Waals surface area contributed by atoms with E-state index in [4.69, 9.17) is 27.0 Å². The average Bonchev–Trinajstić information content (AvgIpc) is 3.40. The minimum atomic E-state index is -1.38. The number of rotatable bonds is 9. The predicted octanol–water partition coefficient (Wildman–Crippen LogP) is 4.55. The van der Waals surface area contributed by atoms with Gasteiger partial charge in [-0.1, -0.05) is 58.7 Å². The van der Waals surface area contributed by atoms with Crippen LogP contribution in [0, 0.1) is 12.8 Å². The SMILES string of the molecule is Cc1cccc(-c2c(Cl)cccc2C(O)(CCCNC(=O)O)C2CCCN(C(=O)c3cc(CN)on3)C2)c1. The van der Waals surface area contributed by atoms with E-state index < -0.39 is 11.7 Å². The van der Waals surface area contributed by atoms with Gasteiger partial charge in [-0.15, -0.1) is 0 Å². The number of likely N-dealkylation sites (tertiary alicyclic amines) is 1. The lowest BCUT2D eigenvalue weighted by Gasteiger charge is -2.43. The first-order chi connectivity index (χ1) is 18.2. The highest BCUT2D eigenvalue weighted by molar-refractivity contribution is 6.33. The van der Waals surface area contributed by atoms with Crippen LogP contribution in [0.4, 0.5) is 4.79 Å². The summed E-state index contributed by atoms with van der Waals surface area (Å²) in [6.45, 7) is 3.15. The number of carbonyl (C=O) groups excluding carboxylic acids is 1. The number of carbonyl (C=O) groups is 2. The van der Waals surface area contributed by atoms with Crippen molar-refractivity contribution in [1.29, 1.82) is 0 Å². The van der Waals surface area contributed by atoms with Gasteiger partial charge in [0.25, 0.3) is 5.91 Å². The van der Waals surface area contributed by atoms with Gasteiger partial charge in [-0.05, 0) is 49.8 Å². The minimum absolute atomic E-state index is 0.142. The summed E-state index contributed by atoms with van der Waals surface area (Å²) in [5, 5.41) is 28.3. The number of nitrogens with two attached hydrogens (primary N) is 1. The van der Waals surface area contributed by atoms with Gasteiger partial charge < -0.3 is 30.7 Å². The first-order valence-electron chi connectivity index (χ1n) is 12.7. The fraction of sp³-hybridized carbons (Fsp3) is 0.393. The largest absolute Gasteiger partial charge is 0.465 e. The van der Waals surface area contributed by atoms with Crippen LogP contribution < -0.4 is 11.1 Å². The molecule has 2 unspecified atom stereocenters. The predicted molar refractivity (Wildman–Crippen MR) is 144 cm³/mol. The number of piperidine rings is 1. The summed E-state index contributed by atoms with van der Waals surface area (Å²) in [7, 11) is 0. The first kappa shape index (κ1) is 27.6. The number of carboxylic acid groups (broad SMARTS) is 1. The third-order valence-corrected chi connectivity index (χ3v) is 7.48. The molecule has 1 aliphatic rings. The van der Waals surface area contributed by atoms with Gasteiger partial charge in [0.1, 0.15) is 0 Å². The summed E-state index contributed by atoms with van der Waals surface area (Å²) in [5.74, 6) is -0.183. The Hall–Kier alpha value is -3.40. The highest BCUT2D eigenvalue weighted by Gasteiger charge is 2.43. The van der Waals surface area contributed by atoms with Gasteiger partial charge in [-0.3, -0.25) is 4.79 Å². The molecule has 0 saturated carbocycles. The molecule has 2 amide bonds. The second-order valence-electron chi connectivity index (χ2n) is 9.76. The zero-order chi connectivity index (χ0) is 27.3. The molecule has 1 aliphatic heterocycles. The highest BCUT2D eigenvalue weighted by Crippen LogP contribution is 2.45. The molecule has 0 radical (unpaired) electrons. The Balaban J connectivity index is 1.71. The summed E-state index contributed by atoms with van der Waals surface area (Å²) < 4.78 is 5.12. The molecule has 0 aliphatic carbocycles. The van der Waals surface area contributed by atoms with Crippen molar-refractivity contribution in [3.63, 3.8) is 0 Å². The van der Waals surface area contributed by atoms with Crippen LogP contribution in [0.25, 0.3) is 11.1 Å². The Labute approximate surface area is 226 Å². The van der Waals surface area contributed by atoms with E-state index in [1.54, 1.807) is 17.0 Å². The molecule has 0 bridgehead atoms. The van der Waals surface area contributed by atoms with Crippen molar-refractivity contribution in [1.82, 2.24) is 15.4 Å². The van der Waals surface area contributed by atoms with Crippen molar-refractivity contribution < 1.29 is 24.3 Å². The van der Waals surface area contributed by atoms with Crippen molar-refractivity contribution in [2.45, 2.75) is 44.8 Å². The van der Waals surface area contributed by atoms with E-state index in [0.29, 0.717) is 48.7 Å². The molecular formula is C28H33ClN4O5. The zero-order valence-corrected chi connectivity index (χ0v) is 22.1. The van der Waals surface area contributed by atoms with Crippen molar-refractivity contribution >= 4 is 23.6 Å². The van der Waals surface area contributed by atoms with Gasteiger partial charge in [0.2, 0.25) is 0 Å². The third-order valence-electron chi connectivity index (χ3n) is 7.16. The maximum absolute atomic E-state index is 13.2. The van der Waals surface area contributed by atoms with E-state index in [2.05, 4.69) is 10.5 Å². The fourth-order valence-electron chi connectivity index (χ4n) is 5.31. The van der Waals surface area contributed by atoms with Gasteiger partial charge >= 0.3 is 6.09 Å². The Morgan fingerprint density at radius 2 is 2.05 bits per heavy atom. The average molecular weight is 541 g/mol. The molecule has 0 spiro atoms. The quantitative estimate of drug-likeness (QED) is 0.292. The van der Waals surface area contributed by atoms with Crippen molar-refractivity contribution in [2.75, 3.05) is 19.6 Å². The van der Waals surface area contributed by atoms with Crippen LogP contribution in [-0.2, 0) is 12.1 Å². The number of nitrogens with zero attached hydrogens (tertiary/aromatic N) is 2. The summed E-state index contributed by atoms with van der Waals surface area (Å²) in [4.78, 5) is 26.0. The molecule has 202 valence electrons. The van der Waals surface area contributed by atoms with Crippen LogP contribution in [0.5, 0.6) is 0 Å². The summed E-state index contributed by atoms with van der Waals surface area (Å²) in [6.07, 6.45) is 0.930. The maximum atomic E-state index is 13.2. The number of benzene rings is 2. The van der Waals surface area contributed by atoms with E-state index in [1.807, 2.05) is 43.3 Å². The molecule has 4 rings (SSSR count). The summed E-state index contributed by atoms with van der Waals surface area (Å²) in [5.41, 5.74) is 7.74. The Morgan fingerprint density at radius 1 is 1.26 bits per heavy atom. The number of aliphatic hydroxyl groups is 1. The van der Waals surface area contributed by atoms with Crippen molar-refractivity contribution in [3.05, 3.63) is 76.1 Å². The molecule has 1 aromatic heterocycles. The standard InChI is InChI=1S/C28H33ClN4O5/c1-18-6-2-7-19(14-18)25-22(9-3-10-23(25)29)28(37,11-5-12-31-27(35)36)20-8-4-13-33(17-20)26(34)24-15-21(16-30)38-32-24/h2-3,6-7,9-10,14-15,20,31,37H,4-5,8,11-13,16-17,30H2,1H3,(H,35,36). The highest BCUT2D eigenvalue weighted by atomic mass is 35.5. The van der Waals surface area contributed by atoms with E-state index in [1.165, 1.54) is 0 Å². The van der Waals surface area contributed by atoms with E-state index in [9.17, 15) is 14.7 Å². The van der Waals surface area contributed by atoms with Crippen LogP contribution in [0.1, 0.15) is 53.1 Å². The molecule has 1 saturated heterocycles. The van der Waals surface area contributed by atoms with Crippen LogP contribution in [0.2, 0.25) is 5.02 Å². The molecule has 38 heavy (non-hydrogen) atoms. The fourth-order valence-corrected chi connectivity index (χ4v) is 5.60. The number of aromatic nitrogens is 1. The maximum Gasteiger partial charge on any atom is 0.404 e. The van der Waals surface area contributed by atoms with Crippen molar-refractivity contribution in [2.24, 2.45) is 11.7 Å². The molecule has 2 atom stereocenters. The second-order valence-corrected chi connectivity index (χ2v) is 10.2. The first-order valence-corrected chi connectivity index (χ1v) is 13.1. The lowest BCUT2D eigenvalue weighted by molar-refractivity contribution is -0.0564. The van der Waals surface area contributed by atoms with Gasteiger partial charge in [0.15, 0.2) is 11.5 Å². The molecular weight excluding hydrogens is 508 g/mol. The minimum Gasteiger partial charge on any atom is -0.465 e. The summed E-state index contributed by atoms with van der Waals surface area (Å²) >= 11 is 6.74. The van der Waals surface area contributed by atoms with E-state index in [-0.39, 0.29) is 37.0 Å². The Kier molecular flexibility index (Phi) is 8.71. The van der Waals surface area contributed by atoms with Gasteiger partial charge in [-0.2, -0.15) is 0 Å². The molecule has 3 aromatic rings. The molecule has 9 nitrogen and oxygen atoms in total.